The van der Waals surface area contributed by atoms with Crippen LogP contribution < -0.4 is 0 Å². The van der Waals surface area contributed by atoms with E-state index in [1.54, 1.807) is 6.07 Å². The summed E-state index contributed by atoms with van der Waals surface area (Å²) in [5.74, 6) is -1.18. The number of hydrogen-bond acceptors (Lipinski definition) is 4. The van der Waals surface area contributed by atoms with Crippen molar-refractivity contribution in [3.05, 3.63) is 40.2 Å². The van der Waals surface area contributed by atoms with E-state index in [1.165, 1.54) is 18.3 Å². The molecule has 0 aliphatic heterocycles. The zero-order valence-electron chi connectivity index (χ0n) is 5.43. The van der Waals surface area contributed by atoms with Gasteiger partial charge in [-0.3, -0.25) is 10.1 Å². The van der Waals surface area contributed by atoms with Crippen LogP contribution in [0.4, 0.5) is 0 Å². The zero-order valence-corrected chi connectivity index (χ0v) is 5.43. The van der Waals surface area contributed by atoms with E-state index < -0.39 is 10.8 Å². The molecule has 0 aromatic carbocycles. The summed E-state index contributed by atoms with van der Waals surface area (Å²) < 4.78 is 0. The summed E-state index contributed by atoms with van der Waals surface area (Å²) in [6, 6.07) is 4.39. The molecule has 11 heavy (non-hydrogen) atoms. The van der Waals surface area contributed by atoms with Crippen molar-refractivity contribution < 1.29 is 9.72 Å². The molecule has 1 heterocycles. The van der Waals surface area contributed by atoms with Gasteiger partial charge in [-0.25, -0.2) is 9.78 Å². The van der Waals surface area contributed by atoms with Gasteiger partial charge in [-0.1, -0.05) is 6.07 Å². The SMILES string of the molecule is O=C(c1ccccn1)[N+](=O)[O-]. The molecule has 1 amide bonds. The minimum atomic E-state index is -1.18. The standard InChI is InChI=1S/C6H4N2O3/c9-6(8(10)11)5-3-1-2-4-7-5/h1-4H. The molecule has 1 aromatic rings. The molecular weight excluding hydrogens is 148 g/mol. The van der Waals surface area contributed by atoms with Gasteiger partial charge in [0, 0.05) is 6.20 Å². The van der Waals surface area contributed by atoms with E-state index in [-0.39, 0.29) is 5.69 Å². The van der Waals surface area contributed by atoms with Crippen LogP contribution in [0.3, 0.4) is 0 Å². The molecule has 0 saturated carbocycles. The fraction of sp³-hybridized carbons (Fsp3) is 0. The van der Waals surface area contributed by atoms with Crippen LogP contribution in [0.15, 0.2) is 24.4 Å². The molecule has 56 valence electrons. The van der Waals surface area contributed by atoms with Gasteiger partial charge in [-0.15, -0.1) is 0 Å². The lowest BCUT2D eigenvalue weighted by Gasteiger charge is -1.87. The third-order valence-corrected chi connectivity index (χ3v) is 1.05. The summed E-state index contributed by atoms with van der Waals surface area (Å²) in [4.78, 5) is 23.0. The average Bonchev–Trinajstić information content (AvgIpc) is 2.05. The predicted molar refractivity (Wildman–Crippen MR) is 35.6 cm³/mol. The maximum Gasteiger partial charge on any atom is 0.494 e. The summed E-state index contributed by atoms with van der Waals surface area (Å²) in [6.07, 6.45) is 1.33. The van der Waals surface area contributed by atoms with Gasteiger partial charge in [0.1, 0.15) is 4.92 Å². The van der Waals surface area contributed by atoms with Crippen molar-refractivity contribution in [1.82, 2.24) is 4.98 Å². The molecule has 0 aliphatic carbocycles. The maximum atomic E-state index is 10.6. The molecule has 1 aromatic heterocycles. The first-order valence-electron chi connectivity index (χ1n) is 2.81. The number of rotatable bonds is 1. The van der Waals surface area contributed by atoms with Gasteiger partial charge in [0.25, 0.3) is 0 Å². The summed E-state index contributed by atoms with van der Waals surface area (Å²) in [5, 5.41) is 9.92. The topological polar surface area (TPSA) is 73.1 Å². The molecule has 0 fully saturated rings. The number of carbonyl (C=O) groups is 1. The lowest BCUT2D eigenvalue weighted by molar-refractivity contribution is -0.375. The van der Waals surface area contributed by atoms with Gasteiger partial charge in [0.05, 0.1) is 0 Å². The minimum absolute atomic E-state index is 0.141. The Bertz CT molecular complexity index is 283. The molecule has 5 heteroatoms. The highest BCUT2D eigenvalue weighted by Crippen LogP contribution is 1.94. The van der Waals surface area contributed by atoms with Gasteiger partial charge >= 0.3 is 5.91 Å². The number of amides is 1. The van der Waals surface area contributed by atoms with E-state index in [9.17, 15) is 14.9 Å². The molecule has 0 N–H and O–H groups in total. The number of hydrogen-bond donors (Lipinski definition) is 0. The van der Waals surface area contributed by atoms with E-state index in [4.69, 9.17) is 0 Å². The third kappa shape index (κ3) is 1.57. The molecule has 0 unspecified atom stereocenters. The van der Waals surface area contributed by atoms with Crippen LogP contribution in [-0.2, 0) is 0 Å². The highest BCUT2D eigenvalue weighted by Gasteiger charge is 2.18. The van der Waals surface area contributed by atoms with E-state index in [0.29, 0.717) is 0 Å². The first-order valence-corrected chi connectivity index (χ1v) is 2.81. The third-order valence-electron chi connectivity index (χ3n) is 1.05. The molecular formula is C6H4N2O3. The van der Waals surface area contributed by atoms with Crippen LogP contribution in [0, 0.1) is 10.1 Å². The maximum absolute atomic E-state index is 10.6. The summed E-state index contributed by atoms with van der Waals surface area (Å²) in [5.41, 5.74) is -0.141. The number of pyridine rings is 1. The predicted octanol–water partition coefficient (Wildman–Crippen LogP) is 0.498. The first-order chi connectivity index (χ1) is 5.22. The Morgan fingerprint density at radius 3 is 2.73 bits per heavy atom. The van der Waals surface area contributed by atoms with Gasteiger partial charge in [0.15, 0.2) is 5.69 Å². The summed E-state index contributed by atoms with van der Waals surface area (Å²) in [7, 11) is 0. The zero-order chi connectivity index (χ0) is 8.27. The Morgan fingerprint density at radius 2 is 2.27 bits per heavy atom. The monoisotopic (exact) mass is 152 g/mol. The summed E-state index contributed by atoms with van der Waals surface area (Å²) >= 11 is 0. The van der Waals surface area contributed by atoms with Crippen molar-refractivity contribution in [1.29, 1.82) is 0 Å². The average molecular weight is 152 g/mol. The van der Waals surface area contributed by atoms with Crippen LogP contribution >= 0.6 is 0 Å². The Kier molecular flexibility index (Phi) is 1.91. The van der Waals surface area contributed by atoms with Crippen molar-refractivity contribution in [2.75, 3.05) is 0 Å². The fourth-order valence-corrected chi connectivity index (χ4v) is 0.583. The molecule has 1 rings (SSSR count). The second-order valence-corrected chi connectivity index (χ2v) is 1.78. The number of aromatic nitrogens is 1. The van der Waals surface area contributed by atoms with E-state index in [2.05, 4.69) is 4.98 Å². The quantitative estimate of drug-likeness (QED) is 0.433. The molecule has 0 atom stereocenters. The molecule has 0 bridgehead atoms. The van der Waals surface area contributed by atoms with E-state index in [1.807, 2.05) is 0 Å². The van der Waals surface area contributed by atoms with Crippen LogP contribution in [0.25, 0.3) is 0 Å². The lowest BCUT2D eigenvalue weighted by Crippen LogP contribution is -2.12. The molecule has 0 spiro atoms. The van der Waals surface area contributed by atoms with Crippen LogP contribution in [0.5, 0.6) is 0 Å². The Hall–Kier alpha value is -1.78. The molecule has 5 nitrogen and oxygen atoms in total. The highest BCUT2D eigenvalue weighted by atomic mass is 16.6. The van der Waals surface area contributed by atoms with Gasteiger partial charge < -0.3 is 0 Å². The number of carbonyl (C=O) groups excluding carboxylic acids is 1. The number of nitrogens with zero attached hydrogens (tertiary/aromatic N) is 2. The van der Waals surface area contributed by atoms with E-state index >= 15 is 0 Å². The molecule has 0 radical (unpaired) electrons. The lowest BCUT2D eigenvalue weighted by atomic mass is 10.3. The Morgan fingerprint density at radius 1 is 1.55 bits per heavy atom. The van der Waals surface area contributed by atoms with Crippen LogP contribution in [-0.4, -0.2) is 15.8 Å². The smallest absolute Gasteiger partial charge is 0.255 e. The van der Waals surface area contributed by atoms with Crippen LogP contribution in [0.2, 0.25) is 0 Å². The number of nitro groups is 1. The largest absolute Gasteiger partial charge is 0.494 e. The fourth-order valence-electron chi connectivity index (χ4n) is 0.583. The van der Waals surface area contributed by atoms with Crippen molar-refractivity contribution in [2.45, 2.75) is 0 Å². The first kappa shape index (κ1) is 7.33. The minimum Gasteiger partial charge on any atom is -0.255 e. The van der Waals surface area contributed by atoms with Gasteiger partial charge in [0.2, 0.25) is 0 Å². The van der Waals surface area contributed by atoms with Crippen LogP contribution in [0.1, 0.15) is 10.5 Å². The normalized spacial score (nSPS) is 9.09. The van der Waals surface area contributed by atoms with Crippen molar-refractivity contribution in [3.63, 3.8) is 0 Å². The summed E-state index contributed by atoms with van der Waals surface area (Å²) in [6.45, 7) is 0. The Labute approximate surface area is 61.8 Å². The second kappa shape index (κ2) is 2.87. The van der Waals surface area contributed by atoms with Crippen molar-refractivity contribution in [3.8, 4) is 0 Å². The highest BCUT2D eigenvalue weighted by molar-refractivity contribution is 5.85. The Balaban J connectivity index is 2.95. The van der Waals surface area contributed by atoms with Gasteiger partial charge in [-0.05, 0) is 12.1 Å². The molecule has 0 saturated heterocycles. The van der Waals surface area contributed by atoms with Crippen molar-refractivity contribution >= 4 is 5.91 Å². The second-order valence-electron chi connectivity index (χ2n) is 1.78. The van der Waals surface area contributed by atoms with Crippen molar-refractivity contribution in [2.24, 2.45) is 0 Å². The molecule has 0 aliphatic rings. The van der Waals surface area contributed by atoms with Gasteiger partial charge in [-0.2, -0.15) is 0 Å². The van der Waals surface area contributed by atoms with E-state index in [0.717, 1.165) is 0 Å².